The molecule has 1 rings (SSSR count). The Bertz CT molecular complexity index is 675. The minimum Gasteiger partial charge on any atom is -0.395 e. The minimum atomic E-state index is -0.830. The third-order valence-electron chi connectivity index (χ3n) is 5.09. The van der Waals surface area contributed by atoms with E-state index in [0.717, 1.165) is 12.0 Å². The second kappa shape index (κ2) is 12.3. The zero-order chi connectivity index (χ0) is 22.7. The first kappa shape index (κ1) is 25.6. The van der Waals surface area contributed by atoms with Gasteiger partial charge in [-0.05, 0) is 37.2 Å². The maximum atomic E-state index is 13.1. The number of aryl methyl sites for hydroxylation is 1. The summed E-state index contributed by atoms with van der Waals surface area (Å²) in [5.41, 5.74) is 0.563. The van der Waals surface area contributed by atoms with Crippen LogP contribution in [0.15, 0.2) is 30.3 Å². The minimum absolute atomic E-state index is 0.0910. The van der Waals surface area contributed by atoms with Gasteiger partial charge < -0.3 is 15.7 Å². The number of carbonyl (C=O) groups excluding carboxylic acids is 3. The molecule has 0 bridgehead atoms. The van der Waals surface area contributed by atoms with Gasteiger partial charge in [0.15, 0.2) is 0 Å². The molecule has 0 aliphatic rings. The van der Waals surface area contributed by atoms with E-state index in [1.165, 1.54) is 0 Å². The largest absolute Gasteiger partial charge is 0.395 e. The highest BCUT2D eigenvalue weighted by molar-refractivity contribution is 5.89. The SMILES string of the molecule is C[C@@H]([C@@H](CCCc1ccccc1)C(=O)N[C@H](C(=O)NCCO)C(C)(C)C)N(O)C=O. The molecule has 0 radical (unpaired) electrons. The second-order valence-corrected chi connectivity index (χ2v) is 8.53. The van der Waals surface area contributed by atoms with E-state index < -0.39 is 35.2 Å². The molecule has 30 heavy (non-hydrogen) atoms. The fourth-order valence-electron chi connectivity index (χ4n) is 3.25. The molecule has 0 aliphatic carbocycles. The standard InChI is InChI=1S/C22H35N3O5/c1-16(25(30)15-27)18(12-8-11-17-9-6-5-7-10-17)20(28)24-19(22(2,3)4)21(29)23-13-14-26/h5-7,9-10,15-16,18-19,26,30H,8,11-14H2,1-4H3,(H,23,29)(H,24,28)/t16-,18+,19+/m0/s1. The monoisotopic (exact) mass is 421 g/mol. The Morgan fingerprint density at radius 1 is 1.17 bits per heavy atom. The molecule has 0 saturated heterocycles. The second-order valence-electron chi connectivity index (χ2n) is 8.53. The number of amides is 3. The number of nitrogens with zero attached hydrogens (tertiary/aromatic N) is 1. The number of hydrogen-bond acceptors (Lipinski definition) is 5. The van der Waals surface area contributed by atoms with Gasteiger partial charge >= 0.3 is 0 Å². The fraction of sp³-hybridized carbons (Fsp3) is 0.591. The molecule has 0 spiro atoms. The molecule has 0 unspecified atom stereocenters. The number of hydrogen-bond donors (Lipinski definition) is 4. The predicted octanol–water partition coefficient (Wildman–Crippen LogP) is 1.50. The molecule has 0 heterocycles. The average molecular weight is 422 g/mol. The van der Waals surface area contributed by atoms with Crippen molar-refractivity contribution >= 4 is 18.2 Å². The van der Waals surface area contributed by atoms with Crippen LogP contribution >= 0.6 is 0 Å². The van der Waals surface area contributed by atoms with Gasteiger partial charge in [0, 0.05) is 6.54 Å². The molecule has 0 aliphatic heterocycles. The topological polar surface area (TPSA) is 119 Å². The van der Waals surface area contributed by atoms with Gasteiger partial charge in [0.2, 0.25) is 18.2 Å². The molecule has 0 fully saturated rings. The summed E-state index contributed by atoms with van der Waals surface area (Å²) in [4.78, 5) is 36.6. The Balaban J connectivity index is 2.92. The normalized spacial score (nSPS) is 14.3. The van der Waals surface area contributed by atoms with Gasteiger partial charge in [-0.3, -0.25) is 19.6 Å². The Hall–Kier alpha value is -2.45. The van der Waals surface area contributed by atoms with Gasteiger partial charge in [0.25, 0.3) is 0 Å². The summed E-state index contributed by atoms with van der Waals surface area (Å²) in [6.45, 7) is 6.97. The Morgan fingerprint density at radius 2 is 1.80 bits per heavy atom. The van der Waals surface area contributed by atoms with Crippen LogP contribution in [0.1, 0.15) is 46.1 Å². The van der Waals surface area contributed by atoms with E-state index in [1.54, 1.807) is 6.92 Å². The third kappa shape index (κ3) is 8.12. The maximum Gasteiger partial charge on any atom is 0.243 e. The Morgan fingerprint density at radius 3 is 2.33 bits per heavy atom. The highest BCUT2D eigenvalue weighted by Crippen LogP contribution is 2.23. The Kier molecular flexibility index (Phi) is 10.5. The molecule has 8 heteroatoms. The van der Waals surface area contributed by atoms with Crippen LogP contribution in [-0.4, -0.2) is 58.8 Å². The maximum absolute atomic E-state index is 13.1. The van der Waals surface area contributed by atoms with Crippen LogP contribution in [-0.2, 0) is 20.8 Å². The van der Waals surface area contributed by atoms with Gasteiger partial charge in [-0.2, -0.15) is 0 Å². The van der Waals surface area contributed by atoms with E-state index in [0.29, 0.717) is 17.9 Å². The molecule has 1 aromatic rings. The summed E-state index contributed by atoms with van der Waals surface area (Å²) in [7, 11) is 0. The van der Waals surface area contributed by atoms with Crippen LogP contribution in [0.5, 0.6) is 0 Å². The summed E-state index contributed by atoms with van der Waals surface area (Å²) in [6.07, 6.45) is 2.14. The van der Waals surface area contributed by atoms with Crippen LogP contribution in [0.2, 0.25) is 0 Å². The molecular weight excluding hydrogens is 386 g/mol. The number of rotatable bonds is 12. The van der Waals surface area contributed by atoms with Crippen molar-refractivity contribution in [2.24, 2.45) is 11.3 Å². The quantitative estimate of drug-likeness (QED) is 0.232. The van der Waals surface area contributed by atoms with Crippen LogP contribution in [0, 0.1) is 11.3 Å². The van der Waals surface area contributed by atoms with Crippen molar-refractivity contribution < 1.29 is 24.7 Å². The van der Waals surface area contributed by atoms with Crippen molar-refractivity contribution in [3.05, 3.63) is 35.9 Å². The lowest BCUT2D eigenvalue weighted by molar-refractivity contribution is -0.166. The van der Waals surface area contributed by atoms with Crippen LogP contribution in [0.25, 0.3) is 0 Å². The average Bonchev–Trinajstić information content (AvgIpc) is 2.72. The van der Waals surface area contributed by atoms with Crippen molar-refractivity contribution in [3.8, 4) is 0 Å². The highest BCUT2D eigenvalue weighted by Gasteiger charge is 2.36. The number of aliphatic hydroxyl groups excluding tert-OH is 1. The smallest absolute Gasteiger partial charge is 0.243 e. The molecule has 168 valence electrons. The zero-order valence-electron chi connectivity index (χ0n) is 18.3. The lowest BCUT2D eigenvalue weighted by Gasteiger charge is -2.33. The molecule has 3 amide bonds. The fourth-order valence-corrected chi connectivity index (χ4v) is 3.25. The lowest BCUT2D eigenvalue weighted by Crippen LogP contribution is -2.56. The predicted molar refractivity (Wildman–Crippen MR) is 114 cm³/mol. The molecule has 1 aromatic carbocycles. The Labute approximate surface area is 178 Å². The third-order valence-corrected chi connectivity index (χ3v) is 5.09. The first-order valence-electron chi connectivity index (χ1n) is 10.3. The van der Waals surface area contributed by atoms with E-state index in [4.69, 9.17) is 5.11 Å². The van der Waals surface area contributed by atoms with Gasteiger partial charge in [-0.15, -0.1) is 0 Å². The summed E-state index contributed by atoms with van der Waals surface area (Å²) in [6, 6.07) is 8.26. The van der Waals surface area contributed by atoms with Crippen molar-refractivity contribution in [1.82, 2.24) is 15.7 Å². The number of carbonyl (C=O) groups is 3. The van der Waals surface area contributed by atoms with Crippen molar-refractivity contribution in [2.75, 3.05) is 13.2 Å². The van der Waals surface area contributed by atoms with E-state index >= 15 is 0 Å². The summed E-state index contributed by atoms with van der Waals surface area (Å²) in [5.74, 6) is -1.49. The van der Waals surface area contributed by atoms with Crippen LogP contribution in [0.4, 0.5) is 0 Å². The van der Waals surface area contributed by atoms with E-state index in [-0.39, 0.29) is 19.6 Å². The molecule has 8 nitrogen and oxygen atoms in total. The number of hydroxylamine groups is 2. The van der Waals surface area contributed by atoms with Gasteiger partial charge in [0.05, 0.1) is 18.6 Å². The van der Waals surface area contributed by atoms with Gasteiger partial charge in [-0.25, -0.2) is 5.06 Å². The number of nitrogens with one attached hydrogen (secondary N) is 2. The van der Waals surface area contributed by atoms with Crippen molar-refractivity contribution in [2.45, 2.75) is 59.0 Å². The van der Waals surface area contributed by atoms with Gasteiger partial charge in [0.1, 0.15) is 6.04 Å². The molecule has 0 saturated carbocycles. The zero-order valence-corrected chi connectivity index (χ0v) is 18.3. The van der Waals surface area contributed by atoms with E-state index in [2.05, 4.69) is 10.6 Å². The first-order chi connectivity index (χ1) is 14.1. The van der Waals surface area contributed by atoms with E-state index in [9.17, 15) is 19.6 Å². The van der Waals surface area contributed by atoms with Crippen LogP contribution < -0.4 is 10.6 Å². The number of benzene rings is 1. The summed E-state index contributed by atoms with van der Waals surface area (Å²) < 4.78 is 0. The lowest BCUT2D eigenvalue weighted by atomic mass is 9.84. The molecular formula is C22H35N3O5. The van der Waals surface area contributed by atoms with Crippen molar-refractivity contribution in [3.63, 3.8) is 0 Å². The summed E-state index contributed by atoms with van der Waals surface area (Å²) >= 11 is 0. The first-order valence-corrected chi connectivity index (χ1v) is 10.3. The molecule has 0 aromatic heterocycles. The number of aliphatic hydroxyl groups is 1. The van der Waals surface area contributed by atoms with Crippen LogP contribution in [0.3, 0.4) is 0 Å². The molecule has 4 N–H and O–H groups in total. The highest BCUT2D eigenvalue weighted by atomic mass is 16.5. The molecule has 3 atom stereocenters. The van der Waals surface area contributed by atoms with E-state index in [1.807, 2.05) is 51.1 Å². The summed E-state index contributed by atoms with van der Waals surface area (Å²) in [5, 5.41) is 24.7. The van der Waals surface area contributed by atoms with Crippen molar-refractivity contribution in [1.29, 1.82) is 0 Å². The van der Waals surface area contributed by atoms with Gasteiger partial charge in [-0.1, -0.05) is 51.1 Å².